The molecule has 0 unspecified atom stereocenters. The van der Waals surface area contributed by atoms with E-state index < -0.39 is 0 Å². The van der Waals surface area contributed by atoms with Crippen molar-refractivity contribution in [1.82, 2.24) is 9.47 Å². The first-order valence-corrected chi connectivity index (χ1v) is 9.39. The lowest BCUT2D eigenvalue weighted by Gasteiger charge is -2.35. The molecule has 2 aromatic heterocycles. The molecule has 130 valence electrons. The lowest BCUT2D eigenvalue weighted by molar-refractivity contribution is -0.134. The van der Waals surface area contributed by atoms with Crippen molar-refractivity contribution in [3.63, 3.8) is 0 Å². The summed E-state index contributed by atoms with van der Waals surface area (Å²) in [6, 6.07) is 3.78. The maximum atomic E-state index is 12.8. The van der Waals surface area contributed by atoms with Gasteiger partial charge in [-0.3, -0.25) is 4.79 Å². The number of thiophene rings is 1. The molecule has 0 spiro atoms. The van der Waals surface area contributed by atoms with Crippen molar-refractivity contribution in [3.05, 3.63) is 23.2 Å². The zero-order valence-electron chi connectivity index (χ0n) is 14.4. The van der Waals surface area contributed by atoms with E-state index in [1.807, 2.05) is 22.4 Å². The molecule has 2 aromatic rings. The van der Waals surface area contributed by atoms with Crippen LogP contribution in [-0.2, 0) is 16.1 Å². The Labute approximate surface area is 146 Å². The van der Waals surface area contributed by atoms with Crippen LogP contribution in [0.1, 0.15) is 37.7 Å². The Hall–Kier alpha value is -1.82. The molecule has 1 aliphatic heterocycles. The molecule has 0 aliphatic carbocycles. The highest BCUT2D eigenvalue weighted by molar-refractivity contribution is 7.17. The Balaban J connectivity index is 1.85. The predicted molar refractivity (Wildman–Crippen MR) is 95.3 cm³/mol. The van der Waals surface area contributed by atoms with Crippen LogP contribution in [0.4, 0.5) is 0 Å². The van der Waals surface area contributed by atoms with E-state index in [-0.39, 0.29) is 18.4 Å². The van der Waals surface area contributed by atoms with Crippen molar-refractivity contribution in [3.8, 4) is 0 Å². The summed E-state index contributed by atoms with van der Waals surface area (Å²) in [7, 11) is 0. The molecular weight excluding hydrogens is 324 g/mol. The number of rotatable bonds is 4. The highest BCUT2D eigenvalue weighted by Crippen LogP contribution is 2.27. The van der Waals surface area contributed by atoms with Crippen LogP contribution in [0.25, 0.3) is 10.2 Å². The van der Waals surface area contributed by atoms with Gasteiger partial charge in [0.2, 0.25) is 5.91 Å². The van der Waals surface area contributed by atoms with E-state index in [0.717, 1.165) is 29.7 Å². The van der Waals surface area contributed by atoms with Gasteiger partial charge in [0.05, 0.1) is 16.8 Å². The fourth-order valence-electron chi connectivity index (χ4n) is 3.62. The number of piperidine rings is 1. The Morgan fingerprint density at radius 3 is 2.67 bits per heavy atom. The third-order valence-electron chi connectivity index (χ3n) is 4.52. The molecule has 1 aliphatic rings. The summed E-state index contributed by atoms with van der Waals surface area (Å²) in [5, 5.41) is 1.98. The third-order valence-corrected chi connectivity index (χ3v) is 5.38. The molecule has 3 heterocycles. The average Bonchev–Trinajstić information content (AvgIpc) is 3.09. The molecule has 1 fully saturated rings. The number of ether oxygens (including phenoxy) is 1. The van der Waals surface area contributed by atoms with Crippen LogP contribution in [0, 0.1) is 11.8 Å². The summed E-state index contributed by atoms with van der Waals surface area (Å²) in [5.74, 6) is 0.748. The lowest BCUT2D eigenvalue weighted by atomic mass is 9.92. The van der Waals surface area contributed by atoms with Crippen molar-refractivity contribution in [2.45, 2.75) is 33.7 Å². The van der Waals surface area contributed by atoms with Gasteiger partial charge in [0.15, 0.2) is 0 Å². The molecular formula is C18H24N2O3S. The topological polar surface area (TPSA) is 51.5 Å². The SMILES string of the molecule is CCOC(=O)c1cc2sccc2n1CC(=O)N1C[C@H](C)C[C@H](C)C1. The van der Waals surface area contributed by atoms with Crippen LogP contribution in [0.15, 0.2) is 17.5 Å². The molecule has 1 amide bonds. The van der Waals surface area contributed by atoms with E-state index in [1.165, 1.54) is 0 Å². The molecule has 5 nitrogen and oxygen atoms in total. The van der Waals surface area contributed by atoms with Gasteiger partial charge in [-0.1, -0.05) is 13.8 Å². The third kappa shape index (κ3) is 3.34. The highest BCUT2D eigenvalue weighted by Gasteiger charge is 2.27. The second-order valence-electron chi connectivity index (χ2n) is 6.75. The first-order chi connectivity index (χ1) is 11.5. The fourth-order valence-corrected chi connectivity index (χ4v) is 4.45. The number of aromatic nitrogens is 1. The first kappa shape index (κ1) is 17.0. The maximum Gasteiger partial charge on any atom is 0.355 e. The summed E-state index contributed by atoms with van der Waals surface area (Å²) in [6.07, 6.45) is 1.16. The van der Waals surface area contributed by atoms with Crippen molar-refractivity contribution >= 4 is 33.4 Å². The molecule has 1 saturated heterocycles. The number of nitrogens with zero attached hydrogens (tertiary/aromatic N) is 2. The van der Waals surface area contributed by atoms with Crippen LogP contribution in [0.2, 0.25) is 0 Å². The zero-order valence-corrected chi connectivity index (χ0v) is 15.3. The van der Waals surface area contributed by atoms with Crippen molar-refractivity contribution in [2.24, 2.45) is 11.8 Å². The van der Waals surface area contributed by atoms with Gasteiger partial charge in [0.25, 0.3) is 0 Å². The molecule has 0 radical (unpaired) electrons. The number of esters is 1. The number of hydrogen-bond donors (Lipinski definition) is 0. The number of carbonyl (C=O) groups excluding carboxylic acids is 2. The second kappa shape index (κ2) is 6.97. The summed E-state index contributed by atoms with van der Waals surface area (Å²) >= 11 is 1.57. The van der Waals surface area contributed by atoms with Crippen LogP contribution in [-0.4, -0.2) is 41.0 Å². The van der Waals surface area contributed by atoms with Gasteiger partial charge in [0.1, 0.15) is 12.2 Å². The Kier molecular flexibility index (Phi) is 4.94. The first-order valence-electron chi connectivity index (χ1n) is 8.51. The number of hydrogen-bond acceptors (Lipinski definition) is 4. The summed E-state index contributed by atoms with van der Waals surface area (Å²) in [4.78, 5) is 27.0. The Morgan fingerprint density at radius 2 is 2.00 bits per heavy atom. The summed E-state index contributed by atoms with van der Waals surface area (Å²) in [6.45, 7) is 8.27. The molecule has 2 atom stereocenters. The van der Waals surface area contributed by atoms with Gasteiger partial charge >= 0.3 is 5.97 Å². The molecule has 0 saturated carbocycles. The summed E-state index contributed by atoms with van der Waals surface area (Å²) < 4.78 is 7.96. The molecule has 6 heteroatoms. The average molecular weight is 348 g/mol. The van der Waals surface area contributed by atoms with Gasteiger partial charge in [0, 0.05) is 13.1 Å². The molecule has 0 aromatic carbocycles. The van der Waals surface area contributed by atoms with E-state index in [4.69, 9.17) is 4.74 Å². The minimum atomic E-state index is -0.367. The van der Waals surface area contributed by atoms with Crippen molar-refractivity contribution < 1.29 is 14.3 Å². The van der Waals surface area contributed by atoms with Gasteiger partial charge in [-0.2, -0.15) is 0 Å². The smallest absolute Gasteiger partial charge is 0.355 e. The number of carbonyl (C=O) groups is 2. The van der Waals surface area contributed by atoms with E-state index in [0.29, 0.717) is 24.1 Å². The van der Waals surface area contributed by atoms with Gasteiger partial charge in [-0.15, -0.1) is 11.3 Å². The molecule has 3 rings (SSSR count). The van der Waals surface area contributed by atoms with E-state index in [1.54, 1.807) is 22.8 Å². The van der Waals surface area contributed by atoms with Gasteiger partial charge < -0.3 is 14.2 Å². The lowest BCUT2D eigenvalue weighted by Crippen LogP contribution is -2.44. The van der Waals surface area contributed by atoms with Crippen LogP contribution in [0.5, 0.6) is 0 Å². The normalized spacial score (nSPS) is 21.2. The summed E-state index contributed by atoms with van der Waals surface area (Å²) in [5.41, 5.74) is 1.39. The Morgan fingerprint density at radius 1 is 1.29 bits per heavy atom. The van der Waals surface area contributed by atoms with Gasteiger partial charge in [-0.05, 0) is 42.7 Å². The minimum absolute atomic E-state index is 0.0719. The zero-order chi connectivity index (χ0) is 17.3. The predicted octanol–water partition coefficient (Wildman–Crippen LogP) is 3.38. The minimum Gasteiger partial charge on any atom is -0.461 e. The van der Waals surface area contributed by atoms with Crippen LogP contribution in [0.3, 0.4) is 0 Å². The standard InChI is InChI=1S/C18H24N2O3S/c1-4-23-18(22)15-8-16-14(5-6-24-16)20(15)11-17(21)19-9-12(2)7-13(3)10-19/h5-6,8,12-13H,4,7,9-11H2,1-3H3/t12-,13+. The second-order valence-corrected chi connectivity index (χ2v) is 7.70. The molecule has 0 N–H and O–H groups in total. The molecule has 0 bridgehead atoms. The number of amides is 1. The van der Waals surface area contributed by atoms with Crippen LogP contribution < -0.4 is 0 Å². The van der Waals surface area contributed by atoms with Crippen molar-refractivity contribution in [1.29, 1.82) is 0 Å². The van der Waals surface area contributed by atoms with Crippen molar-refractivity contribution in [2.75, 3.05) is 19.7 Å². The van der Waals surface area contributed by atoms with Gasteiger partial charge in [-0.25, -0.2) is 4.79 Å². The van der Waals surface area contributed by atoms with E-state index >= 15 is 0 Å². The maximum absolute atomic E-state index is 12.8. The number of likely N-dealkylation sites (tertiary alicyclic amines) is 1. The monoisotopic (exact) mass is 348 g/mol. The van der Waals surface area contributed by atoms with E-state index in [2.05, 4.69) is 13.8 Å². The van der Waals surface area contributed by atoms with Crippen LogP contribution >= 0.6 is 11.3 Å². The largest absolute Gasteiger partial charge is 0.461 e. The fraction of sp³-hybridized carbons (Fsp3) is 0.556. The Bertz CT molecular complexity index is 739. The quantitative estimate of drug-likeness (QED) is 0.796. The highest BCUT2D eigenvalue weighted by atomic mass is 32.1. The van der Waals surface area contributed by atoms with E-state index in [9.17, 15) is 9.59 Å². The molecule has 24 heavy (non-hydrogen) atoms. The number of fused-ring (bicyclic) bond motifs is 1.